The number of amides is 2. The highest BCUT2D eigenvalue weighted by Gasteiger charge is 2.32. The molecule has 3 rings (SSSR count). The van der Waals surface area contributed by atoms with Crippen LogP contribution in [0.2, 0.25) is 0 Å². The van der Waals surface area contributed by atoms with Gasteiger partial charge in [0, 0.05) is 13.1 Å². The van der Waals surface area contributed by atoms with Crippen molar-refractivity contribution in [1.29, 1.82) is 0 Å². The Morgan fingerprint density at radius 1 is 1.00 bits per heavy atom. The lowest BCUT2D eigenvalue weighted by atomic mass is 9.86. The van der Waals surface area contributed by atoms with Gasteiger partial charge in [0.05, 0.1) is 16.7 Å². The van der Waals surface area contributed by atoms with E-state index in [-0.39, 0.29) is 17.9 Å². The zero-order valence-electron chi connectivity index (χ0n) is 21.0. The summed E-state index contributed by atoms with van der Waals surface area (Å²) in [4.78, 5) is 65.7. The number of rotatable bonds is 10. The van der Waals surface area contributed by atoms with Gasteiger partial charge in [0.15, 0.2) is 0 Å². The molecule has 1 saturated heterocycles. The van der Waals surface area contributed by atoms with Crippen molar-refractivity contribution in [2.75, 3.05) is 13.1 Å². The monoisotopic (exact) mass is 559 g/mol. The van der Waals surface area contributed by atoms with Gasteiger partial charge < -0.3 is 35.5 Å². The molecule has 0 unspecified atom stereocenters. The van der Waals surface area contributed by atoms with Crippen molar-refractivity contribution < 1.29 is 38.3 Å². The Kier molecular flexibility index (Phi) is 10.5. The summed E-state index contributed by atoms with van der Waals surface area (Å²) in [6.45, 7) is 1.34. The minimum absolute atomic E-state index is 0.114. The van der Waals surface area contributed by atoms with Gasteiger partial charge in [0.1, 0.15) is 6.04 Å². The normalized spacial score (nSPS) is 20.9. The molecule has 2 fully saturated rings. The van der Waals surface area contributed by atoms with Gasteiger partial charge in [0.25, 0.3) is 0 Å². The van der Waals surface area contributed by atoms with E-state index in [0.29, 0.717) is 19.5 Å². The second-order valence-corrected chi connectivity index (χ2v) is 13.4. The summed E-state index contributed by atoms with van der Waals surface area (Å²) in [6, 6.07) is 1.37. The van der Waals surface area contributed by atoms with Crippen LogP contribution in [0.25, 0.3) is 0 Å². The highest BCUT2D eigenvalue weighted by atomic mass is 31.2. The Hall–Kier alpha value is -1.58. The number of hydrogen-bond donors (Lipinski definition) is 6. The SMILES string of the molecule is N[C@@H](Cc1ccc(P(=O)(O)O)c(P(=O)(O)O)c1)C(=O)N[C@H]1CCCCN(CCCC2CCCCC2)C1=O. The molecule has 11 nitrogen and oxygen atoms in total. The first-order chi connectivity index (χ1) is 17.4. The van der Waals surface area contributed by atoms with Gasteiger partial charge in [-0.1, -0.05) is 38.2 Å². The average Bonchev–Trinajstić information content (AvgIpc) is 3.00. The van der Waals surface area contributed by atoms with E-state index >= 15 is 0 Å². The third-order valence-corrected chi connectivity index (χ3v) is 9.51. The Balaban J connectivity index is 1.59. The third kappa shape index (κ3) is 8.72. The van der Waals surface area contributed by atoms with Gasteiger partial charge in [0.2, 0.25) is 11.8 Å². The van der Waals surface area contributed by atoms with Gasteiger partial charge in [-0.15, -0.1) is 0 Å². The van der Waals surface area contributed by atoms with Crippen molar-refractivity contribution in [2.45, 2.75) is 82.7 Å². The molecule has 0 spiro atoms. The van der Waals surface area contributed by atoms with Crippen LogP contribution in [-0.4, -0.2) is 61.5 Å². The standard InChI is InChI=1S/C24H39N3O8P2/c25-19(15-18-11-12-21(36(30,31)32)22(16-18)37(33,34)35)23(28)26-20-10-4-5-13-27(24(20)29)14-6-9-17-7-2-1-3-8-17/h11-12,16-17,19-20H,1-10,13-15,25H2,(H,26,28)(H2,30,31,32)(H2,33,34,35)/t19-,20-/m0/s1. The molecular formula is C24H39N3O8P2. The van der Waals surface area contributed by atoms with Crippen molar-refractivity contribution in [3.05, 3.63) is 23.8 Å². The maximum atomic E-state index is 13.1. The van der Waals surface area contributed by atoms with Crippen LogP contribution in [0.15, 0.2) is 18.2 Å². The van der Waals surface area contributed by atoms with Crippen LogP contribution in [0.5, 0.6) is 0 Å². The fourth-order valence-electron chi connectivity index (χ4n) is 5.31. The topological polar surface area (TPSA) is 190 Å². The molecule has 0 aromatic heterocycles. The van der Waals surface area contributed by atoms with E-state index in [1.807, 2.05) is 4.90 Å². The highest BCUT2D eigenvalue weighted by molar-refractivity contribution is 7.67. The molecule has 7 N–H and O–H groups in total. The maximum absolute atomic E-state index is 13.1. The molecule has 1 heterocycles. The molecule has 1 saturated carbocycles. The van der Waals surface area contributed by atoms with E-state index in [2.05, 4.69) is 5.32 Å². The Morgan fingerprint density at radius 3 is 2.30 bits per heavy atom. The molecular weight excluding hydrogens is 520 g/mol. The summed E-state index contributed by atoms with van der Waals surface area (Å²) >= 11 is 0. The van der Waals surface area contributed by atoms with Crippen LogP contribution in [0.4, 0.5) is 0 Å². The Bertz CT molecular complexity index is 1050. The van der Waals surface area contributed by atoms with Crippen LogP contribution in [0, 0.1) is 5.92 Å². The number of carbonyl (C=O) groups is 2. The summed E-state index contributed by atoms with van der Waals surface area (Å²) in [5.41, 5.74) is 6.28. The molecule has 2 atom stereocenters. The molecule has 0 radical (unpaired) electrons. The van der Waals surface area contributed by atoms with E-state index in [4.69, 9.17) is 5.73 Å². The second kappa shape index (κ2) is 13.0. The van der Waals surface area contributed by atoms with Crippen molar-refractivity contribution in [3.8, 4) is 0 Å². The minimum Gasteiger partial charge on any atom is -0.343 e. The largest absolute Gasteiger partial charge is 0.357 e. The van der Waals surface area contributed by atoms with Gasteiger partial charge in [-0.25, -0.2) is 0 Å². The van der Waals surface area contributed by atoms with E-state index in [1.54, 1.807) is 0 Å². The number of carbonyl (C=O) groups excluding carboxylic acids is 2. The first-order valence-electron chi connectivity index (χ1n) is 13.0. The zero-order chi connectivity index (χ0) is 27.2. The van der Waals surface area contributed by atoms with Crippen LogP contribution < -0.4 is 21.7 Å². The van der Waals surface area contributed by atoms with E-state index in [0.717, 1.165) is 43.7 Å². The molecule has 1 aromatic rings. The zero-order valence-corrected chi connectivity index (χ0v) is 22.8. The lowest BCUT2D eigenvalue weighted by Crippen LogP contribution is -2.52. The fourth-order valence-corrected chi connectivity index (χ4v) is 7.43. The molecule has 2 amide bonds. The van der Waals surface area contributed by atoms with Crippen molar-refractivity contribution in [1.82, 2.24) is 10.2 Å². The maximum Gasteiger partial charge on any atom is 0.357 e. The van der Waals surface area contributed by atoms with Gasteiger partial charge >= 0.3 is 15.2 Å². The summed E-state index contributed by atoms with van der Waals surface area (Å²) < 4.78 is 23.4. The molecule has 2 aliphatic rings. The molecule has 1 aliphatic carbocycles. The molecule has 208 valence electrons. The third-order valence-electron chi connectivity index (χ3n) is 7.32. The smallest absolute Gasteiger partial charge is 0.343 e. The van der Waals surface area contributed by atoms with Crippen LogP contribution in [0.1, 0.15) is 69.8 Å². The quantitative estimate of drug-likeness (QED) is 0.227. The van der Waals surface area contributed by atoms with E-state index in [9.17, 15) is 38.3 Å². The number of benzene rings is 1. The minimum atomic E-state index is -5.00. The van der Waals surface area contributed by atoms with E-state index in [1.165, 1.54) is 38.2 Å². The second-order valence-electron chi connectivity index (χ2n) is 10.3. The Labute approximate surface area is 217 Å². The Morgan fingerprint density at radius 2 is 1.65 bits per heavy atom. The summed E-state index contributed by atoms with van der Waals surface area (Å²) in [6.07, 6.45) is 10.5. The van der Waals surface area contributed by atoms with Gasteiger partial charge in [-0.3, -0.25) is 18.7 Å². The lowest BCUT2D eigenvalue weighted by molar-refractivity contribution is -0.136. The first-order valence-corrected chi connectivity index (χ1v) is 16.2. The van der Waals surface area contributed by atoms with Crippen molar-refractivity contribution in [3.63, 3.8) is 0 Å². The van der Waals surface area contributed by atoms with Crippen LogP contribution >= 0.6 is 15.2 Å². The average molecular weight is 560 g/mol. The van der Waals surface area contributed by atoms with Crippen molar-refractivity contribution >= 4 is 37.6 Å². The van der Waals surface area contributed by atoms with E-state index < -0.39 is 43.8 Å². The number of nitrogens with one attached hydrogen (secondary N) is 1. The number of nitrogens with two attached hydrogens (primary N) is 1. The predicted molar refractivity (Wildman–Crippen MR) is 140 cm³/mol. The van der Waals surface area contributed by atoms with Crippen LogP contribution in [0.3, 0.4) is 0 Å². The molecule has 1 aliphatic heterocycles. The summed E-state index contributed by atoms with van der Waals surface area (Å²) in [5, 5.41) is 1.18. The number of hydrogen-bond acceptors (Lipinski definition) is 5. The number of likely N-dealkylation sites (tertiary alicyclic amines) is 1. The molecule has 0 bridgehead atoms. The first kappa shape index (κ1) is 30.0. The molecule has 13 heteroatoms. The van der Waals surface area contributed by atoms with Gasteiger partial charge in [-0.2, -0.15) is 0 Å². The van der Waals surface area contributed by atoms with Crippen LogP contribution in [-0.2, 0) is 25.1 Å². The highest BCUT2D eigenvalue weighted by Crippen LogP contribution is 2.40. The van der Waals surface area contributed by atoms with Gasteiger partial charge in [-0.05, 0) is 62.1 Å². The summed E-state index contributed by atoms with van der Waals surface area (Å²) in [5.74, 6) is 0.0573. The fraction of sp³-hybridized carbons (Fsp3) is 0.667. The van der Waals surface area contributed by atoms with Crippen molar-refractivity contribution in [2.24, 2.45) is 11.7 Å². The molecule has 37 heavy (non-hydrogen) atoms. The lowest BCUT2D eigenvalue weighted by Gasteiger charge is -2.27. The summed E-state index contributed by atoms with van der Waals surface area (Å²) in [7, 11) is -9.93. The molecule has 1 aromatic carbocycles. The number of nitrogens with zero attached hydrogens (tertiary/aromatic N) is 1. The predicted octanol–water partition coefficient (Wildman–Crippen LogP) is 1.02.